The summed E-state index contributed by atoms with van der Waals surface area (Å²) in [5.74, 6) is -0.504. The van der Waals surface area contributed by atoms with Crippen molar-refractivity contribution < 1.29 is 9.18 Å². The van der Waals surface area contributed by atoms with Gasteiger partial charge in [0.2, 0.25) is 0 Å². The van der Waals surface area contributed by atoms with E-state index in [9.17, 15) is 9.18 Å². The van der Waals surface area contributed by atoms with Crippen molar-refractivity contribution in [2.45, 2.75) is 6.92 Å². The molecule has 1 amide bonds. The van der Waals surface area contributed by atoms with Gasteiger partial charge in [-0.25, -0.2) is 4.39 Å². The SMILES string of the molecule is Cc1cccc2c(Nc3ccc(F)c(Cl)c3)ccc(C(=O)N(C)C)c12. The van der Waals surface area contributed by atoms with E-state index < -0.39 is 5.82 Å². The first-order chi connectivity index (χ1) is 11.9. The van der Waals surface area contributed by atoms with Crippen molar-refractivity contribution in [1.29, 1.82) is 0 Å². The van der Waals surface area contributed by atoms with E-state index in [2.05, 4.69) is 5.32 Å². The van der Waals surface area contributed by atoms with Gasteiger partial charge < -0.3 is 10.2 Å². The number of hydrogen-bond donors (Lipinski definition) is 1. The Morgan fingerprint density at radius 2 is 1.88 bits per heavy atom. The minimum atomic E-state index is -0.458. The number of fused-ring (bicyclic) bond motifs is 1. The molecule has 0 aliphatic rings. The average molecular weight is 357 g/mol. The minimum absolute atomic E-state index is 0.0457. The largest absolute Gasteiger partial charge is 0.355 e. The zero-order valence-electron chi connectivity index (χ0n) is 14.2. The van der Waals surface area contributed by atoms with Gasteiger partial charge in [-0.05, 0) is 48.2 Å². The highest BCUT2D eigenvalue weighted by atomic mass is 35.5. The van der Waals surface area contributed by atoms with Gasteiger partial charge in [-0.1, -0.05) is 29.8 Å². The lowest BCUT2D eigenvalue weighted by atomic mass is 9.97. The summed E-state index contributed by atoms with van der Waals surface area (Å²) in [7, 11) is 3.47. The second kappa shape index (κ2) is 6.73. The van der Waals surface area contributed by atoms with Crippen LogP contribution >= 0.6 is 11.6 Å². The van der Waals surface area contributed by atoms with E-state index >= 15 is 0 Å². The standard InChI is InChI=1S/C20H18ClFN2O/c1-12-5-4-6-14-18(23-13-7-9-17(22)16(21)11-13)10-8-15(19(12)14)20(25)24(2)3/h4-11,23H,1-3H3. The number of carbonyl (C=O) groups excluding carboxylic acids is 1. The maximum absolute atomic E-state index is 13.4. The van der Waals surface area contributed by atoms with E-state index in [4.69, 9.17) is 11.6 Å². The van der Waals surface area contributed by atoms with Crippen molar-refractivity contribution in [1.82, 2.24) is 4.90 Å². The Balaban J connectivity index is 2.14. The molecule has 3 rings (SSSR count). The predicted molar refractivity (Wildman–Crippen MR) is 101 cm³/mol. The Morgan fingerprint density at radius 1 is 1.12 bits per heavy atom. The predicted octanol–water partition coefficient (Wildman–Crippen LogP) is 5.39. The zero-order valence-corrected chi connectivity index (χ0v) is 15.0. The van der Waals surface area contributed by atoms with Gasteiger partial charge in [-0.3, -0.25) is 4.79 Å². The van der Waals surface area contributed by atoms with Crippen LogP contribution in [0.1, 0.15) is 15.9 Å². The molecule has 0 saturated heterocycles. The van der Waals surface area contributed by atoms with E-state index in [-0.39, 0.29) is 10.9 Å². The average Bonchev–Trinajstić information content (AvgIpc) is 2.58. The Hall–Kier alpha value is -2.59. The molecule has 25 heavy (non-hydrogen) atoms. The summed E-state index contributed by atoms with van der Waals surface area (Å²) in [6.07, 6.45) is 0. The topological polar surface area (TPSA) is 32.3 Å². The molecule has 5 heteroatoms. The molecule has 0 saturated carbocycles. The lowest BCUT2D eigenvalue weighted by Gasteiger charge is -2.17. The summed E-state index contributed by atoms with van der Waals surface area (Å²) in [6, 6.07) is 14.0. The number of halogens is 2. The highest BCUT2D eigenvalue weighted by Gasteiger charge is 2.16. The molecule has 0 aliphatic carbocycles. The number of anilines is 2. The van der Waals surface area contributed by atoms with Crippen LogP contribution in [-0.4, -0.2) is 24.9 Å². The van der Waals surface area contributed by atoms with Gasteiger partial charge in [0.1, 0.15) is 5.82 Å². The number of benzene rings is 3. The van der Waals surface area contributed by atoms with Crippen LogP contribution in [0.3, 0.4) is 0 Å². The number of hydrogen-bond acceptors (Lipinski definition) is 2. The first-order valence-electron chi connectivity index (χ1n) is 7.84. The van der Waals surface area contributed by atoms with Crippen LogP contribution in [0, 0.1) is 12.7 Å². The molecule has 0 atom stereocenters. The summed E-state index contributed by atoms with van der Waals surface area (Å²) < 4.78 is 13.4. The Kier molecular flexibility index (Phi) is 4.64. The van der Waals surface area contributed by atoms with Crippen LogP contribution in [0.4, 0.5) is 15.8 Å². The molecular formula is C20H18ClFN2O. The van der Waals surface area contributed by atoms with Crippen molar-refractivity contribution in [2.24, 2.45) is 0 Å². The zero-order chi connectivity index (χ0) is 18.1. The molecule has 3 nitrogen and oxygen atoms in total. The fourth-order valence-corrected chi connectivity index (χ4v) is 3.03. The van der Waals surface area contributed by atoms with Crippen molar-refractivity contribution in [3.8, 4) is 0 Å². The van der Waals surface area contributed by atoms with Crippen LogP contribution in [0.15, 0.2) is 48.5 Å². The van der Waals surface area contributed by atoms with Gasteiger partial charge >= 0.3 is 0 Å². The molecule has 3 aromatic rings. The third-order valence-electron chi connectivity index (χ3n) is 4.08. The molecule has 128 valence electrons. The summed E-state index contributed by atoms with van der Waals surface area (Å²) in [6.45, 7) is 1.98. The maximum Gasteiger partial charge on any atom is 0.253 e. The van der Waals surface area contributed by atoms with E-state index in [0.29, 0.717) is 11.3 Å². The van der Waals surface area contributed by atoms with E-state index in [0.717, 1.165) is 22.0 Å². The molecule has 0 fully saturated rings. The molecule has 0 aliphatic heterocycles. The first-order valence-corrected chi connectivity index (χ1v) is 8.22. The number of nitrogens with zero attached hydrogens (tertiary/aromatic N) is 1. The minimum Gasteiger partial charge on any atom is -0.355 e. The quantitative estimate of drug-likeness (QED) is 0.682. The Morgan fingerprint density at radius 3 is 2.56 bits per heavy atom. The lowest BCUT2D eigenvalue weighted by Crippen LogP contribution is -2.22. The number of aryl methyl sites for hydroxylation is 1. The van der Waals surface area contributed by atoms with E-state index in [1.54, 1.807) is 25.1 Å². The van der Waals surface area contributed by atoms with Gasteiger partial charge in [-0.2, -0.15) is 0 Å². The molecular weight excluding hydrogens is 339 g/mol. The Bertz CT molecular complexity index is 969. The first kappa shape index (κ1) is 17.2. The van der Waals surface area contributed by atoms with Crippen molar-refractivity contribution in [3.63, 3.8) is 0 Å². The van der Waals surface area contributed by atoms with Gasteiger partial charge in [0.25, 0.3) is 5.91 Å². The van der Waals surface area contributed by atoms with Crippen LogP contribution in [0.2, 0.25) is 5.02 Å². The highest BCUT2D eigenvalue weighted by molar-refractivity contribution is 6.31. The molecule has 0 heterocycles. The smallest absolute Gasteiger partial charge is 0.253 e. The summed E-state index contributed by atoms with van der Waals surface area (Å²) >= 11 is 5.86. The molecule has 0 aromatic heterocycles. The normalized spacial score (nSPS) is 10.8. The molecule has 0 unspecified atom stereocenters. The molecule has 0 bridgehead atoms. The number of carbonyl (C=O) groups is 1. The number of rotatable bonds is 3. The third-order valence-corrected chi connectivity index (χ3v) is 4.37. The van der Waals surface area contributed by atoms with Gasteiger partial charge in [-0.15, -0.1) is 0 Å². The summed E-state index contributed by atoms with van der Waals surface area (Å²) in [5, 5.41) is 5.15. The molecule has 0 radical (unpaired) electrons. The van der Waals surface area contributed by atoms with E-state index in [1.807, 2.05) is 37.3 Å². The van der Waals surface area contributed by atoms with Crippen LogP contribution in [0.25, 0.3) is 10.8 Å². The number of amides is 1. The van der Waals surface area contributed by atoms with Gasteiger partial charge in [0, 0.05) is 36.4 Å². The van der Waals surface area contributed by atoms with Crippen molar-refractivity contribution >= 4 is 39.7 Å². The highest BCUT2D eigenvalue weighted by Crippen LogP contribution is 2.32. The second-order valence-electron chi connectivity index (χ2n) is 6.11. The number of nitrogens with one attached hydrogen (secondary N) is 1. The van der Waals surface area contributed by atoms with Crippen LogP contribution in [-0.2, 0) is 0 Å². The van der Waals surface area contributed by atoms with Crippen molar-refractivity contribution in [2.75, 3.05) is 19.4 Å². The third kappa shape index (κ3) is 3.30. The van der Waals surface area contributed by atoms with Crippen molar-refractivity contribution in [3.05, 3.63) is 70.5 Å². The lowest BCUT2D eigenvalue weighted by molar-refractivity contribution is 0.0829. The molecule has 1 N–H and O–H groups in total. The monoisotopic (exact) mass is 356 g/mol. The molecule has 3 aromatic carbocycles. The Labute approximate surface area is 151 Å². The second-order valence-corrected chi connectivity index (χ2v) is 6.52. The fraction of sp³-hybridized carbons (Fsp3) is 0.150. The van der Waals surface area contributed by atoms with E-state index in [1.165, 1.54) is 12.1 Å². The summed E-state index contributed by atoms with van der Waals surface area (Å²) in [5.41, 5.74) is 3.18. The van der Waals surface area contributed by atoms with Gasteiger partial charge in [0.05, 0.1) is 5.02 Å². The summed E-state index contributed by atoms with van der Waals surface area (Å²) in [4.78, 5) is 14.1. The molecule has 0 spiro atoms. The van der Waals surface area contributed by atoms with Crippen LogP contribution in [0.5, 0.6) is 0 Å². The fourth-order valence-electron chi connectivity index (χ4n) is 2.85. The van der Waals surface area contributed by atoms with Gasteiger partial charge in [0.15, 0.2) is 0 Å². The maximum atomic E-state index is 13.4. The van der Waals surface area contributed by atoms with Crippen LogP contribution < -0.4 is 5.32 Å².